The Hall–Kier alpha value is -1.47. The first kappa shape index (κ1) is 21.2. The van der Waals surface area contributed by atoms with Crippen molar-refractivity contribution in [3.63, 3.8) is 0 Å². The van der Waals surface area contributed by atoms with Gasteiger partial charge in [0.1, 0.15) is 0 Å². The van der Waals surface area contributed by atoms with E-state index in [1.807, 2.05) is 49.4 Å². The molecule has 28 heavy (non-hydrogen) atoms. The summed E-state index contributed by atoms with van der Waals surface area (Å²) in [6, 6.07) is 16.6. The summed E-state index contributed by atoms with van der Waals surface area (Å²) in [4.78, 5) is 0.342. The second kappa shape index (κ2) is 7.41. The highest BCUT2D eigenvalue weighted by molar-refractivity contribution is 7.89. The van der Waals surface area contributed by atoms with E-state index in [0.29, 0.717) is 11.5 Å². The number of nitrogens with zero attached hydrogens (tertiary/aromatic N) is 1. The Balaban J connectivity index is 1.88. The molecule has 0 saturated carbocycles. The lowest BCUT2D eigenvalue weighted by Crippen LogP contribution is -2.42. The molecule has 1 aliphatic rings. The molecule has 0 aromatic heterocycles. The third-order valence-electron chi connectivity index (χ3n) is 6.03. The van der Waals surface area contributed by atoms with E-state index in [0.717, 1.165) is 11.1 Å². The van der Waals surface area contributed by atoms with Crippen molar-refractivity contribution in [1.82, 2.24) is 4.31 Å². The largest absolute Gasteiger partial charge is 0.415 e. The van der Waals surface area contributed by atoms with Gasteiger partial charge in [-0.25, -0.2) is 8.42 Å². The van der Waals surface area contributed by atoms with E-state index in [1.54, 1.807) is 16.4 Å². The van der Waals surface area contributed by atoms with Gasteiger partial charge < -0.3 is 4.43 Å². The van der Waals surface area contributed by atoms with Crippen LogP contribution in [0.1, 0.15) is 37.9 Å². The number of rotatable bonds is 6. The Bertz CT molecular complexity index is 919. The van der Waals surface area contributed by atoms with Crippen molar-refractivity contribution in [1.29, 1.82) is 0 Å². The van der Waals surface area contributed by atoms with Crippen molar-refractivity contribution in [3.05, 3.63) is 65.7 Å². The molecule has 1 aliphatic heterocycles. The highest BCUT2D eigenvalue weighted by atomic mass is 32.2. The Morgan fingerprint density at radius 2 is 1.57 bits per heavy atom. The fourth-order valence-electron chi connectivity index (χ4n) is 3.11. The van der Waals surface area contributed by atoms with Gasteiger partial charge in [-0.05, 0) is 42.8 Å². The van der Waals surface area contributed by atoms with E-state index < -0.39 is 18.3 Å². The van der Waals surface area contributed by atoms with E-state index in [9.17, 15) is 8.42 Å². The van der Waals surface area contributed by atoms with Crippen LogP contribution in [-0.4, -0.2) is 33.7 Å². The predicted octanol–water partition coefficient (Wildman–Crippen LogP) is 5.13. The monoisotopic (exact) mass is 417 g/mol. The molecule has 3 rings (SSSR count). The molecule has 0 spiro atoms. The molecule has 1 heterocycles. The summed E-state index contributed by atoms with van der Waals surface area (Å²) in [5, 5.41) is 0.0881. The number of benzene rings is 2. The fraction of sp³-hybridized carbons (Fsp3) is 0.455. The Kier molecular flexibility index (Phi) is 5.62. The van der Waals surface area contributed by atoms with Crippen LogP contribution in [0.4, 0.5) is 0 Å². The van der Waals surface area contributed by atoms with Crippen LogP contribution in [0.25, 0.3) is 0 Å². The summed E-state index contributed by atoms with van der Waals surface area (Å²) in [5.41, 5.74) is 2.06. The Morgan fingerprint density at radius 3 is 2.11 bits per heavy atom. The smallest absolute Gasteiger partial charge is 0.244 e. The minimum atomic E-state index is -3.56. The van der Waals surface area contributed by atoms with E-state index in [2.05, 4.69) is 33.9 Å². The summed E-state index contributed by atoms with van der Waals surface area (Å²) in [5.74, 6) is 0. The quantitative estimate of drug-likeness (QED) is 0.483. The molecule has 152 valence electrons. The van der Waals surface area contributed by atoms with Gasteiger partial charge in [0.05, 0.1) is 23.6 Å². The van der Waals surface area contributed by atoms with Gasteiger partial charge in [0.25, 0.3) is 0 Å². The van der Waals surface area contributed by atoms with Crippen molar-refractivity contribution in [2.45, 2.75) is 62.8 Å². The lowest BCUT2D eigenvalue weighted by Gasteiger charge is -2.36. The highest BCUT2D eigenvalue weighted by Gasteiger charge is 2.57. The number of hydrogen-bond donors (Lipinski definition) is 0. The molecule has 4 nitrogen and oxygen atoms in total. The molecule has 0 aliphatic carbocycles. The average molecular weight is 418 g/mol. The van der Waals surface area contributed by atoms with E-state index in [1.165, 1.54) is 0 Å². The molecule has 0 radical (unpaired) electrons. The average Bonchev–Trinajstić information content (AvgIpc) is 3.36. The molecule has 2 aromatic rings. The first-order valence-electron chi connectivity index (χ1n) is 9.74. The maximum atomic E-state index is 13.3. The van der Waals surface area contributed by atoms with Crippen LogP contribution < -0.4 is 0 Å². The molecule has 1 saturated heterocycles. The minimum absolute atomic E-state index is 0.0881. The van der Waals surface area contributed by atoms with Crippen LogP contribution in [0, 0.1) is 6.92 Å². The van der Waals surface area contributed by atoms with Gasteiger partial charge in [-0.15, -0.1) is 0 Å². The van der Waals surface area contributed by atoms with E-state index in [4.69, 9.17) is 4.43 Å². The third-order valence-corrected chi connectivity index (χ3v) is 12.5. The molecular weight excluding hydrogens is 386 g/mol. The summed E-state index contributed by atoms with van der Waals surface area (Å²) >= 11 is 0. The van der Waals surface area contributed by atoms with Gasteiger partial charge in [0.2, 0.25) is 10.0 Å². The second-order valence-electron chi connectivity index (χ2n) is 9.14. The zero-order chi connectivity index (χ0) is 20.7. The molecule has 6 heteroatoms. The van der Waals surface area contributed by atoms with E-state index >= 15 is 0 Å². The van der Waals surface area contributed by atoms with Gasteiger partial charge in [-0.2, -0.15) is 4.31 Å². The summed E-state index contributed by atoms with van der Waals surface area (Å²) in [6.07, 6.45) is 0. The van der Waals surface area contributed by atoms with Crippen LogP contribution >= 0.6 is 0 Å². The van der Waals surface area contributed by atoms with Crippen LogP contribution in [0.2, 0.25) is 18.1 Å². The van der Waals surface area contributed by atoms with Gasteiger partial charge in [-0.1, -0.05) is 68.8 Å². The molecule has 1 unspecified atom stereocenters. The standard InChI is InChI=1S/C22H31NO3SSi/c1-17-12-14-19(15-13-17)27(24,25)23-20(16-26-28(5,6)22(2,3)4)21(23)18-10-8-7-9-11-18/h7-15,20-21H,16H2,1-6H3/t20-,21-,23?/m0/s1. The van der Waals surface area contributed by atoms with Crippen molar-refractivity contribution in [2.24, 2.45) is 0 Å². The molecule has 3 atom stereocenters. The SMILES string of the molecule is Cc1ccc(S(=O)(=O)N2[C@@H](CO[Si](C)(C)C(C)(C)C)[C@@H]2c2ccccc2)cc1. The van der Waals surface area contributed by atoms with Gasteiger partial charge >= 0.3 is 0 Å². The highest BCUT2D eigenvalue weighted by Crippen LogP contribution is 2.48. The van der Waals surface area contributed by atoms with Crippen LogP contribution in [0.3, 0.4) is 0 Å². The van der Waals surface area contributed by atoms with Crippen molar-refractivity contribution < 1.29 is 12.8 Å². The van der Waals surface area contributed by atoms with Crippen LogP contribution in [-0.2, 0) is 14.4 Å². The second-order valence-corrected chi connectivity index (χ2v) is 15.8. The Labute approximate surface area is 170 Å². The lowest BCUT2D eigenvalue weighted by molar-refractivity contribution is 0.280. The maximum absolute atomic E-state index is 13.3. The summed E-state index contributed by atoms with van der Waals surface area (Å²) in [6.45, 7) is 13.4. The molecule has 0 N–H and O–H groups in total. The van der Waals surface area contributed by atoms with Gasteiger partial charge in [0, 0.05) is 0 Å². The summed E-state index contributed by atoms with van der Waals surface area (Å²) < 4.78 is 34.6. The first-order chi connectivity index (χ1) is 12.9. The zero-order valence-corrected chi connectivity index (χ0v) is 19.5. The fourth-order valence-corrected chi connectivity index (χ4v) is 5.89. The Morgan fingerprint density at radius 1 is 1.00 bits per heavy atom. The number of hydrogen-bond acceptors (Lipinski definition) is 3. The van der Waals surface area contributed by atoms with Gasteiger partial charge in [-0.3, -0.25) is 0 Å². The topological polar surface area (TPSA) is 46.4 Å². The van der Waals surface area contributed by atoms with Gasteiger partial charge in [0.15, 0.2) is 8.32 Å². The molecular formula is C22H31NO3SSi. The van der Waals surface area contributed by atoms with E-state index in [-0.39, 0.29) is 17.1 Å². The summed E-state index contributed by atoms with van der Waals surface area (Å²) in [7, 11) is -5.52. The molecule has 0 bridgehead atoms. The van der Waals surface area contributed by atoms with Crippen LogP contribution in [0.15, 0.2) is 59.5 Å². The lowest BCUT2D eigenvalue weighted by atomic mass is 10.1. The van der Waals surface area contributed by atoms with Crippen molar-refractivity contribution in [3.8, 4) is 0 Å². The number of sulfonamides is 1. The van der Waals surface area contributed by atoms with Crippen LogP contribution in [0.5, 0.6) is 0 Å². The first-order valence-corrected chi connectivity index (χ1v) is 14.1. The molecule has 2 aromatic carbocycles. The minimum Gasteiger partial charge on any atom is -0.415 e. The third kappa shape index (κ3) is 4.10. The number of aryl methyl sites for hydroxylation is 1. The van der Waals surface area contributed by atoms with Crippen molar-refractivity contribution >= 4 is 18.3 Å². The normalized spacial score (nSPS) is 22.9. The molecule has 0 amide bonds. The maximum Gasteiger partial charge on any atom is 0.244 e. The molecule has 1 fully saturated rings. The predicted molar refractivity (Wildman–Crippen MR) is 116 cm³/mol. The van der Waals surface area contributed by atoms with Crippen molar-refractivity contribution in [2.75, 3.05) is 6.61 Å². The zero-order valence-electron chi connectivity index (χ0n) is 17.6.